The molecule has 0 bridgehead atoms. The summed E-state index contributed by atoms with van der Waals surface area (Å²) in [5.41, 5.74) is 1.16. The van der Waals surface area contributed by atoms with Gasteiger partial charge in [-0.25, -0.2) is 0 Å². The molecular weight excluding hydrogens is 382 g/mol. The lowest BCUT2D eigenvalue weighted by molar-refractivity contribution is -0.122. The molecule has 0 radical (unpaired) electrons. The van der Waals surface area contributed by atoms with Crippen LogP contribution in [0.4, 0.5) is 0 Å². The molecule has 6 nitrogen and oxygen atoms in total. The highest BCUT2D eigenvalue weighted by Crippen LogP contribution is 2.46. The Morgan fingerprint density at radius 3 is 2.68 bits per heavy atom. The number of ether oxygens (including phenoxy) is 2. The Balaban J connectivity index is 0.000000878. The fourth-order valence-electron chi connectivity index (χ4n) is 4.49. The van der Waals surface area contributed by atoms with E-state index in [9.17, 15) is 5.11 Å². The average molecular weight is 414 g/mol. The monoisotopic (exact) mass is 413 g/mol. The van der Waals surface area contributed by atoms with E-state index >= 15 is 0 Å². The second kappa shape index (κ2) is 10.9. The average Bonchev–Trinajstić information content (AvgIpc) is 3.00. The molecule has 0 unspecified atom stereocenters. The van der Waals surface area contributed by atoms with Crippen LogP contribution in [0.3, 0.4) is 0 Å². The Labute approximate surface area is 172 Å². The highest BCUT2D eigenvalue weighted by Gasteiger charge is 2.44. The van der Waals surface area contributed by atoms with E-state index in [0.717, 1.165) is 69.5 Å². The fraction of sp³-hybridized carbons (Fsp3) is 0.667. The molecule has 2 N–H and O–H groups in total. The van der Waals surface area contributed by atoms with Crippen LogP contribution in [-0.2, 0) is 11.3 Å². The number of carboxylic acid groups (broad SMARTS) is 1. The summed E-state index contributed by atoms with van der Waals surface area (Å²) in [6.07, 6.45) is 6.31. The summed E-state index contributed by atoms with van der Waals surface area (Å²) in [4.78, 5) is 10.8. The molecule has 158 valence electrons. The molecule has 1 spiro atoms. The number of halogens is 1. The predicted molar refractivity (Wildman–Crippen MR) is 109 cm³/mol. The van der Waals surface area contributed by atoms with Crippen molar-refractivity contribution >= 4 is 18.1 Å². The van der Waals surface area contributed by atoms with Crippen LogP contribution in [0.15, 0.2) is 12.1 Å². The van der Waals surface area contributed by atoms with Crippen LogP contribution in [0.5, 0.6) is 11.5 Å². The smallest absolute Gasteiger partial charge is 0.290 e. The van der Waals surface area contributed by atoms with Crippen molar-refractivity contribution in [3.8, 4) is 11.5 Å². The third-order valence-corrected chi connectivity index (χ3v) is 5.93. The molecular formula is C21H32ClNO5. The van der Waals surface area contributed by atoms with Crippen molar-refractivity contribution in [2.24, 2.45) is 5.41 Å². The largest absolute Gasteiger partial charge is 0.493 e. The lowest BCUT2D eigenvalue weighted by Gasteiger charge is -2.42. The molecule has 1 saturated heterocycles. The van der Waals surface area contributed by atoms with Gasteiger partial charge in [0.2, 0.25) is 0 Å². The van der Waals surface area contributed by atoms with Crippen LogP contribution in [0, 0.1) is 5.41 Å². The van der Waals surface area contributed by atoms with E-state index in [1.165, 1.54) is 0 Å². The predicted octanol–water partition coefficient (Wildman–Crippen LogP) is 3.97. The van der Waals surface area contributed by atoms with Crippen LogP contribution in [0.2, 0.25) is 5.02 Å². The maximum Gasteiger partial charge on any atom is 0.290 e. The molecule has 0 amide bonds. The Morgan fingerprint density at radius 1 is 1.36 bits per heavy atom. The number of piperidine rings is 1. The Kier molecular flexibility index (Phi) is 8.86. The molecule has 0 aromatic heterocycles. The summed E-state index contributed by atoms with van der Waals surface area (Å²) in [6.45, 7) is 5.29. The number of carbonyl (C=O) groups is 1. The number of aliphatic hydroxyl groups is 1. The number of aliphatic hydroxyl groups excluding tert-OH is 1. The van der Waals surface area contributed by atoms with Gasteiger partial charge in [-0.2, -0.15) is 0 Å². The normalized spacial score (nSPS) is 24.5. The number of benzene rings is 1. The summed E-state index contributed by atoms with van der Waals surface area (Å²) in [5, 5.41) is 18.1. The van der Waals surface area contributed by atoms with Crippen molar-refractivity contribution < 1.29 is 24.5 Å². The van der Waals surface area contributed by atoms with Gasteiger partial charge < -0.3 is 19.7 Å². The molecule has 2 atom stereocenters. The van der Waals surface area contributed by atoms with E-state index in [1.54, 1.807) is 7.11 Å². The van der Waals surface area contributed by atoms with E-state index in [0.29, 0.717) is 17.4 Å². The first-order valence-electron chi connectivity index (χ1n) is 9.97. The van der Waals surface area contributed by atoms with E-state index < -0.39 is 0 Å². The summed E-state index contributed by atoms with van der Waals surface area (Å²) >= 11 is 6.30. The summed E-state index contributed by atoms with van der Waals surface area (Å²) in [7, 11) is 1.65. The maximum atomic E-state index is 10.5. The number of rotatable bonds is 6. The van der Waals surface area contributed by atoms with E-state index in [4.69, 9.17) is 31.0 Å². The van der Waals surface area contributed by atoms with Gasteiger partial charge in [-0.3, -0.25) is 9.69 Å². The number of methoxy groups -OCH3 is 1. The van der Waals surface area contributed by atoms with Crippen LogP contribution in [0.1, 0.15) is 51.0 Å². The van der Waals surface area contributed by atoms with Crippen LogP contribution in [0.25, 0.3) is 0 Å². The van der Waals surface area contributed by atoms with Crippen molar-refractivity contribution in [2.75, 3.05) is 26.8 Å². The molecule has 3 rings (SSSR count). The first kappa shape index (κ1) is 22.8. The lowest BCUT2D eigenvalue weighted by Crippen LogP contribution is -2.46. The second-order valence-electron chi connectivity index (χ2n) is 7.63. The van der Waals surface area contributed by atoms with E-state index in [-0.39, 0.29) is 18.0 Å². The molecule has 1 aliphatic heterocycles. The number of nitrogens with zero attached hydrogens (tertiary/aromatic N) is 1. The Hall–Kier alpha value is -1.50. The van der Waals surface area contributed by atoms with Crippen LogP contribution < -0.4 is 9.47 Å². The minimum absolute atomic E-state index is 0.0886. The minimum Gasteiger partial charge on any atom is -0.493 e. The first-order valence-corrected chi connectivity index (χ1v) is 10.3. The lowest BCUT2D eigenvalue weighted by atomic mass is 9.76. The standard InChI is InChI=1S/C20H30ClNO3.CH2O2/c1-3-10-25-19-15(11-16(21)12-17(19)24-2)13-22-9-5-8-20(14-22)7-4-6-18(20)23;2-1-3/h11-12,18,23H,3-10,13-14H2,1-2H3;1H,(H,2,3)/t18-,20-;/m1./s1. The zero-order chi connectivity index (χ0) is 20.6. The van der Waals surface area contributed by atoms with Crippen molar-refractivity contribution in [3.05, 3.63) is 22.7 Å². The van der Waals surface area contributed by atoms with Crippen LogP contribution >= 0.6 is 11.6 Å². The Bertz CT molecular complexity index is 641. The van der Waals surface area contributed by atoms with Crippen molar-refractivity contribution in [1.29, 1.82) is 0 Å². The minimum atomic E-state index is -0.250. The van der Waals surface area contributed by atoms with Gasteiger partial charge in [0.15, 0.2) is 11.5 Å². The highest BCUT2D eigenvalue weighted by molar-refractivity contribution is 6.30. The van der Waals surface area contributed by atoms with Gasteiger partial charge in [0, 0.05) is 35.2 Å². The highest BCUT2D eigenvalue weighted by atomic mass is 35.5. The SMILES string of the molecule is CCCOc1c(CN2CCC[C@]3(CCC[C@H]3O)C2)cc(Cl)cc1OC.O=CO. The zero-order valence-electron chi connectivity index (χ0n) is 16.8. The Morgan fingerprint density at radius 2 is 2.07 bits per heavy atom. The number of hydrogen-bond acceptors (Lipinski definition) is 5. The van der Waals surface area contributed by atoms with E-state index in [2.05, 4.69) is 11.8 Å². The molecule has 1 aromatic carbocycles. The third kappa shape index (κ3) is 5.52. The van der Waals surface area contributed by atoms with Crippen molar-refractivity contribution in [2.45, 2.75) is 58.1 Å². The molecule has 1 aromatic rings. The molecule has 1 saturated carbocycles. The molecule has 1 heterocycles. The van der Waals surface area contributed by atoms with Gasteiger partial charge >= 0.3 is 0 Å². The molecule has 1 aliphatic carbocycles. The van der Waals surface area contributed by atoms with Gasteiger partial charge in [0.1, 0.15) is 0 Å². The topological polar surface area (TPSA) is 79.2 Å². The molecule has 7 heteroatoms. The van der Waals surface area contributed by atoms with Gasteiger partial charge in [-0.15, -0.1) is 0 Å². The molecule has 28 heavy (non-hydrogen) atoms. The van der Waals surface area contributed by atoms with Crippen LogP contribution in [-0.4, -0.2) is 54.5 Å². The summed E-state index contributed by atoms with van der Waals surface area (Å²) in [5.74, 6) is 1.50. The first-order chi connectivity index (χ1) is 13.5. The van der Waals surface area contributed by atoms with Gasteiger partial charge in [-0.05, 0) is 44.7 Å². The second-order valence-corrected chi connectivity index (χ2v) is 8.07. The van der Waals surface area contributed by atoms with Crippen molar-refractivity contribution in [3.63, 3.8) is 0 Å². The summed E-state index contributed by atoms with van der Waals surface area (Å²) in [6, 6.07) is 3.80. The summed E-state index contributed by atoms with van der Waals surface area (Å²) < 4.78 is 11.5. The van der Waals surface area contributed by atoms with Gasteiger partial charge in [-0.1, -0.05) is 24.9 Å². The molecule has 2 fully saturated rings. The fourth-order valence-corrected chi connectivity index (χ4v) is 4.72. The number of likely N-dealkylation sites (tertiary alicyclic amines) is 1. The number of hydrogen-bond donors (Lipinski definition) is 2. The third-order valence-electron chi connectivity index (χ3n) is 5.71. The van der Waals surface area contributed by atoms with E-state index in [1.807, 2.05) is 12.1 Å². The van der Waals surface area contributed by atoms with Crippen molar-refractivity contribution in [1.82, 2.24) is 4.90 Å². The maximum absolute atomic E-state index is 10.5. The van der Waals surface area contributed by atoms with Gasteiger partial charge in [0.05, 0.1) is 19.8 Å². The quantitative estimate of drug-likeness (QED) is 0.687. The molecule has 2 aliphatic rings. The zero-order valence-corrected chi connectivity index (χ0v) is 17.6. The van der Waals surface area contributed by atoms with Gasteiger partial charge in [0.25, 0.3) is 6.47 Å².